The predicted octanol–water partition coefficient (Wildman–Crippen LogP) is 6.05. The van der Waals surface area contributed by atoms with Crippen molar-refractivity contribution in [2.24, 2.45) is 5.92 Å². The van der Waals surface area contributed by atoms with Gasteiger partial charge in [0.15, 0.2) is 5.78 Å². The van der Waals surface area contributed by atoms with Gasteiger partial charge in [0.1, 0.15) is 11.5 Å². The fraction of sp³-hybridized carbons (Fsp3) is 0.233. The maximum Gasteiger partial charge on any atom is 0.168 e. The molecule has 0 fully saturated rings. The van der Waals surface area contributed by atoms with E-state index in [-0.39, 0.29) is 17.6 Å². The van der Waals surface area contributed by atoms with Crippen LogP contribution in [0.3, 0.4) is 0 Å². The maximum atomic E-state index is 14.1. The number of carbonyl (C=O) groups is 1. The Labute approximate surface area is 201 Å². The van der Waals surface area contributed by atoms with E-state index >= 15 is 0 Å². The van der Waals surface area contributed by atoms with E-state index in [1.165, 1.54) is 0 Å². The number of fused-ring (bicyclic) bond motifs is 1. The van der Waals surface area contributed by atoms with Crippen LogP contribution in [-0.4, -0.2) is 45.5 Å². The first kappa shape index (κ1) is 23.5. The molecule has 0 saturated carbocycles. The van der Waals surface area contributed by atoms with E-state index in [0.29, 0.717) is 6.54 Å². The predicted molar refractivity (Wildman–Crippen MR) is 138 cm³/mol. The third-order valence-electron chi connectivity index (χ3n) is 6.24. The Morgan fingerprint density at radius 3 is 1.88 bits per heavy atom. The van der Waals surface area contributed by atoms with Crippen molar-refractivity contribution in [1.29, 1.82) is 0 Å². The Balaban J connectivity index is 1.86. The van der Waals surface area contributed by atoms with Crippen molar-refractivity contribution >= 4 is 16.6 Å². The zero-order valence-corrected chi connectivity index (χ0v) is 20.2. The van der Waals surface area contributed by atoms with Gasteiger partial charge in [0, 0.05) is 23.9 Å². The molecule has 0 aliphatic carbocycles. The average Bonchev–Trinajstić information content (AvgIpc) is 2.87. The molecule has 4 nitrogen and oxygen atoms in total. The van der Waals surface area contributed by atoms with E-state index in [0.717, 1.165) is 39.0 Å². The second-order valence-corrected chi connectivity index (χ2v) is 8.83. The lowest BCUT2D eigenvalue weighted by atomic mass is 9.76. The van der Waals surface area contributed by atoms with Crippen molar-refractivity contribution in [2.75, 3.05) is 34.9 Å². The summed E-state index contributed by atoms with van der Waals surface area (Å²) in [5, 5.41) is 2.19. The van der Waals surface area contributed by atoms with E-state index in [4.69, 9.17) is 9.47 Å². The fourth-order valence-corrected chi connectivity index (χ4v) is 4.62. The minimum Gasteiger partial charge on any atom is -0.497 e. The van der Waals surface area contributed by atoms with Gasteiger partial charge in [-0.15, -0.1) is 0 Å². The second kappa shape index (κ2) is 10.5. The molecule has 1 unspecified atom stereocenters. The lowest BCUT2D eigenvalue weighted by Gasteiger charge is -2.30. The van der Waals surface area contributed by atoms with Crippen molar-refractivity contribution in [3.63, 3.8) is 0 Å². The molecule has 0 saturated heterocycles. The highest BCUT2D eigenvalue weighted by Crippen LogP contribution is 2.37. The Bertz CT molecular complexity index is 1230. The van der Waals surface area contributed by atoms with Gasteiger partial charge in [0.25, 0.3) is 0 Å². The summed E-state index contributed by atoms with van der Waals surface area (Å²) in [5.41, 5.74) is 2.79. The van der Waals surface area contributed by atoms with Gasteiger partial charge >= 0.3 is 0 Å². The number of hydrogen-bond donors (Lipinski definition) is 0. The fourth-order valence-electron chi connectivity index (χ4n) is 4.62. The first-order chi connectivity index (χ1) is 16.5. The van der Waals surface area contributed by atoms with Gasteiger partial charge in [-0.1, -0.05) is 60.7 Å². The largest absolute Gasteiger partial charge is 0.497 e. The van der Waals surface area contributed by atoms with Crippen LogP contribution in [0.5, 0.6) is 11.5 Å². The summed E-state index contributed by atoms with van der Waals surface area (Å²) in [6, 6.07) is 30.1. The average molecular weight is 454 g/mol. The van der Waals surface area contributed by atoms with Crippen LogP contribution in [0.2, 0.25) is 0 Å². The van der Waals surface area contributed by atoms with Crippen LogP contribution in [-0.2, 0) is 0 Å². The van der Waals surface area contributed by atoms with E-state index in [1.807, 2.05) is 80.8 Å². The quantitative estimate of drug-likeness (QED) is 0.289. The van der Waals surface area contributed by atoms with Gasteiger partial charge in [-0.2, -0.15) is 0 Å². The molecule has 0 aliphatic rings. The van der Waals surface area contributed by atoms with Crippen molar-refractivity contribution < 1.29 is 14.3 Å². The molecule has 1 atom stereocenters. The highest BCUT2D eigenvalue weighted by molar-refractivity contribution is 6.02. The summed E-state index contributed by atoms with van der Waals surface area (Å²) in [5.74, 6) is 1.18. The molecule has 0 bridgehead atoms. The topological polar surface area (TPSA) is 38.8 Å². The molecular weight excluding hydrogens is 422 g/mol. The number of benzene rings is 4. The van der Waals surface area contributed by atoms with E-state index < -0.39 is 0 Å². The third kappa shape index (κ3) is 5.13. The molecule has 4 aromatic rings. The molecule has 34 heavy (non-hydrogen) atoms. The lowest BCUT2D eigenvalue weighted by molar-refractivity contribution is 0.0883. The van der Waals surface area contributed by atoms with Crippen LogP contribution in [0.1, 0.15) is 27.4 Å². The number of hydrogen-bond acceptors (Lipinski definition) is 4. The van der Waals surface area contributed by atoms with Crippen molar-refractivity contribution in [3.8, 4) is 11.5 Å². The van der Waals surface area contributed by atoms with E-state index in [9.17, 15) is 4.79 Å². The number of carbonyl (C=O) groups excluding carboxylic acids is 1. The SMILES string of the molecule is COc1cccc(C(c2cccc(OC)c2)C(CN(C)C)C(=O)c2ccc3ccccc3c2)c1. The van der Waals surface area contributed by atoms with Gasteiger partial charge < -0.3 is 14.4 Å². The third-order valence-corrected chi connectivity index (χ3v) is 6.24. The van der Waals surface area contributed by atoms with Crippen LogP contribution in [0, 0.1) is 5.92 Å². The highest BCUT2D eigenvalue weighted by atomic mass is 16.5. The van der Waals surface area contributed by atoms with Crippen molar-refractivity contribution in [1.82, 2.24) is 4.90 Å². The molecule has 0 spiro atoms. The summed E-state index contributed by atoms with van der Waals surface area (Å²) in [7, 11) is 7.35. The number of Topliss-reactive ketones (excluding diaryl/α,β-unsaturated/α-hetero) is 1. The number of nitrogens with zero attached hydrogens (tertiary/aromatic N) is 1. The molecule has 0 radical (unpaired) electrons. The van der Waals surface area contributed by atoms with Gasteiger partial charge in [0.2, 0.25) is 0 Å². The monoisotopic (exact) mass is 453 g/mol. The molecule has 0 N–H and O–H groups in total. The van der Waals surface area contributed by atoms with E-state index in [1.54, 1.807) is 14.2 Å². The van der Waals surface area contributed by atoms with Gasteiger partial charge in [-0.25, -0.2) is 0 Å². The molecule has 4 rings (SSSR count). The van der Waals surface area contributed by atoms with Crippen molar-refractivity contribution in [2.45, 2.75) is 5.92 Å². The van der Waals surface area contributed by atoms with E-state index in [2.05, 4.69) is 29.2 Å². The molecule has 0 aliphatic heterocycles. The standard InChI is InChI=1S/C30H31NO3/c1-31(2)20-28(30(32)25-16-15-21-9-5-6-10-22(21)17-25)29(23-11-7-13-26(18-23)33-3)24-12-8-14-27(19-24)34-4/h5-19,28-29H,20H2,1-4H3. The lowest BCUT2D eigenvalue weighted by Crippen LogP contribution is -2.33. The number of ether oxygens (including phenoxy) is 2. The number of ketones is 1. The maximum absolute atomic E-state index is 14.1. The minimum atomic E-state index is -0.310. The summed E-state index contributed by atoms with van der Waals surface area (Å²) in [6.45, 7) is 0.602. The minimum absolute atomic E-state index is 0.120. The Morgan fingerprint density at radius 1 is 0.735 bits per heavy atom. The van der Waals surface area contributed by atoms with Crippen LogP contribution in [0.25, 0.3) is 10.8 Å². The molecule has 4 heteroatoms. The summed E-state index contributed by atoms with van der Waals surface area (Å²) < 4.78 is 11.0. The van der Waals surface area contributed by atoms with Crippen molar-refractivity contribution in [3.05, 3.63) is 108 Å². The first-order valence-electron chi connectivity index (χ1n) is 11.5. The molecule has 0 amide bonds. The molecule has 0 aromatic heterocycles. The molecular formula is C30H31NO3. The molecule has 0 heterocycles. The first-order valence-corrected chi connectivity index (χ1v) is 11.5. The smallest absolute Gasteiger partial charge is 0.168 e. The van der Waals surface area contributed by atoms with Crippen LogP contribution >= 0.6 is 0 Å². The number of methoxy groups -OCH3 is 2. The Kier molecular flexibility index (Phi) is 7.29. The summed E-state index contributed by atoms with van der Waals surface area (Å²) >= 11 is 0. The van der Waals surface area contributed by atoms with Gasteiger partial charge in [0.05, 0.1) is 14.2 Å². The zero-order chi connectivity index (χ0) is 24.1. The Morgan fingerprint density at radius 2 is 1.32 bits per heavy atom. The summed E-state index contributed by atoms with van der Waals surface area (Å²) in [6.07, 6.45) is 0. The van der Waals surface area contributed by atoms with Crippen LogP contribution in [0.15, 0.2) is 91.0 Å². The van der Waals surface area contributed by atoms with Crippen LogP contribution < -0.4 is 9.47 Å². The molecule has 4 aromatic carbocycles. The number of rotatable bonds is 9. The van der Waals surface area contributed by atoms with Gasteiger partial charge in [-0.05, 0) is 66.3 Å². The van der Waals surface area contributed by atoms with Gasteiger partial charge in [-0.3, -0.25) is 4.79 Å². The molecule has 174 valence electrons. The Hall–Kier alpha value is -3.63. The highest BCUT2D eigenvalue weighted by Gasteiger charge is 2.32. The second-order valence-electron chi connectivity index (χ2n) is 8.83. The van der Waals surface area contributed by atoms with Crippen LogP contribution in [0.4, 0.5) is 0 Å². The normalized spacial score (nSPS) is 12.2. The zero-order valence-electron chi connectivity index (χ0n) is 20.2. The summed E-state index contributed by atoms with van der Waals surface area (Å²) in [4.78, 5) is 16.2.